The van der Waals surface area contributed by atoms with Gasteiger partial charge in [0, 0.05) is 31.1 Å². The number of rotatable bonds is 8. The number of aryl methyl sites for hydroxylation is 2. The summed E-state index contributed by atoms with van der Waals surface area (Å²) in [6.07, 6.45) is -5.09. The first-order valence-corrected chi connectivity index (χ1v) is 12.0. The number of imidazole rings is 1. The topological polar surface area (TPSA) is 103 Å². The number of alkyl halides is 3. The fourth-order valence-electron chi connectivity index (χ4n) is 4.46. The van der Waals surface area contributed by atoms with E-state index in [4.69, 9.17) is 26.2 Å². The number of aliphatic carboxylic acids is 1. The molecule has 2 atom stereocenters. The third-order valence-electron chi connectivity index (χ3n) is 6.61. The number of carboxylic acids is 1. The Hall–Kier alpha value is -3.96. The van der Waals surface area contributed by atoms with Crippen molar-refractivity contribution in [3.8, 4) is 17.2 Å². The third-order valence-corrected chi connectivity index (χ3v) is 6.94. The van der Waals surface area contributed by atoms with Gasteiger partial charge in [0.05, 0.1) is 11.0 Å². The van der Waals surface area contributed by atoms with Gasteiger partial charge < -0.3 is 19.7 Å². The molecule has 206 valence electrons. The molecule has 0 saturated carbocycles. The van der Waals surface area contributed by atoms with Crippen LogP contribution in [0.5, 0.6) is 17.2 Å². The number of carbonyl (C=O) groups is 1. The summed E-state index contributed by atoms with van der Waals surface area (Å²) in [6, 6.07) is 13.9. The van der Waals surface area contributed by atoms with Crippen LogP contribution in [0, 0.1) is 0 Å². The van der Waals surface area contributed by atoms with Crippen molar-refractivity contribution in [3.05, 3.63) is 87.3 Å². The Morgan fingerprint density at radius 1 is 0.974 bits per heavy atom. The van der Waals surface area contributed by atoms with Gasteiger partial charge in [-0.05, 0) is 47.5 Å². The number of aliphatic hydroxyl groups is 1. The molecule has 0 spiro atoms. The number of halogens is 4. The lowest BCUT2D eigenvalue weighted by molar-refractivity contribution is -0.274. The molecule has 2 N–H and O–H groups in total. The quantitative estimate of drug-likeness (QED) is 0.299. The molecule has 4 rings (SSSR count). The van der Waals surface area contributed by atoms with E-state index in [1.165, 1.54) is 66.6 Å². The smallest absolute Gasteiger partial charge is 0.422 e. The second-order valence-corrected chi connectivity index (χ2v) is 9.44. The Balaban J connectivity index is 1.68. The van der Waals surface area contributed by atoms with E-state index in [0.717, 1.165) is 12.1 Å². The van der Waals surface area contributed by atoms with E-state index >= 15 is 0 Å². The maximum absolute atomic E-state index is 14.5. The van der Waals surface area contributed by atoms with Gasteiger partial charge in [0.25, 0.3) is 0 Å². The Bertz CT molecular complexity index is 1610. The van der Waals surface area contributed by atoms with Crippen molar-refractivity contribution in [3.63, 3.8) is 0 Å². The van der Waals surface area contributed by atoms with Crippen LogP contribution in [0.4, 0.5) is 13.2 Å². The summed E-state index contributed by atoms with van der Waals surface area (Å²) >= 11 is 6.40. The molecule has 39 heavy (non-hydrogen) atoms. The zero-order valence-corrected chi connectivity index (χ0v) is 21.7. The molecule has 3 aromatic carbocycles. The summed E-state index contributed by atoms with van der Waals surface area (Å²) in [4.78, 5) is 23.0. The number of fused-ring (bicyclic) bond motifs is 1. The number of nitrogens with zero attached hydrogens (tertiary/aromatic N) is 2. The van der Waals surface area contributed by atoms with Gasteiger partial charge in [0.2, 0.25) is 0 Å². The average Bonchev–Trinajstić information content (AvgIpc) is 3.09. The highest BCUT2D eigenvalue weighted by Crippen LogP contribution is 2.50. The molecule has 0 saturated heterocycles. The normalized spacial score (nSPS) is 14.2. The van der Waals surface area contributed by atoms with Gasteiger partial charge in [0.15, 0.2) is 12.2 Å². The lowest BCUT2D eigenvalue weighted by Gasteiger charge is -2.37. The van der Waals surface area contributed by atoms with E-state index in [1.54, 1.807) is 12.1 Å². The summed E-state index contributed by atoms with van der Waals surface area (Å²) in [7, 11) is 2.94. The fraction of sp³-hybridized carbons (Fsp3) is 0.259. The summed E-state index contributed by atoms with van der Waals surface area (Å²) in [5.74, 6) is -1.98. The summed E-state index contributed by atoms with van der Waals surface area (Å²) < 4.78 is 56.9. The second kappa shape index (κ2) is 10.3. The Morgan fingerprint density at radius 3 is 2.26 bits per heavy atom. The zero-order chi connectivity index (χ0) is 28.7. The highest BCUT2D eigenvalue weighted by Gasteiger charge is 2.59. The van der Waals surface area contributed by atoms with Crippen LogP contribution in [0.3, 0.4) is 0 Å². The standard InChI is InChI=1S/C27H24ClF3N2O6/c1-15(26(37,27(29,30)31)16-7-10-22-23(11-16)33(3)25(36)32(22)2)20-9-8-19(13-21(20)28)39-18-6-4-5-17(12-18)38-14-24(34)35/h4-13,15,37H,14H2,1-3H3,(H,34,35)/t15-,26-/m1/s1. The minimum atomic E-state index is -5.09. The van der Waals surface area contributed by atoms with E-state index in [2.05, 4.69) is 0 Å². The molecular formula is C27H24ClF3N2O6. The fourth-order valence-corrected chi connectivity index (χ4v) is 4.79. The number of hydrogen-bond acceptors (Lipinski definition) is 5. The van der Waals surface area contributed by atoms with Crippen molar-refractivity contribution in [1.29, 1.82) is 0 Å². The van der Waals surface area contributed by atoms with Gasteiger partial charge in [-0.25, -0.2) is 9.59 Å². The summed E-state index contributed by atoms with van der Waals surface area (Å²) in [5.41, 5.74) is -3.52. The molecule has 1 aromatic heterocycles. The molecule has 0 aliphatic heterocycles. The molecular weight excluding hydrogens is 541 g/mol. The van der Waals surface area contributed by atoms with Gasteiger partial charge in [-0.1, -0.05) is 36.7 Å². The highest BCUT2D eigenvalue weighted by atomic mass is 35.5. The molecule has 0 aliphatic carbocycles. The van der Waals surface area contributed by atoms with E-state index in [1.807, 2.05) is 0 Å². The lowest BCUT2D eigenvalue weighted by Crippen LogP contribution is -2.46. The molecule has 0 amide bonds. The molecule has 8 nitrogen and oxygen atoms in total. The minimum absolute atomic E-state index is 0.0180. The van der Waals surface area contributed by atoms with E-state index in [-0.39, 0.29) is 33.4 Å². The van der Waals surface area contributed by atoms with Crippen LogP contribution >= 0.6 is 11.6 Å². The van der Waals surface area contributed by atoms with Crippen LogP contribution in [0.25, 0.3) is 11.0 Å². The predicted octanol–water partition coefficient (Wildman–Crippen LogP) is 5.34. The Labute approximate surface area is 225 Å². The molecule has 0 radical (unpaired) electrons. The molecule has 4 aromatic rings. The number of benzene rings is 3. The average molecular weight is 565 g/mol. The Kier molecular flexibility index (Phi) is 7.42. The number of aromatic nitrogens is 2. The number of ether oxygens (including phenoxy) is 2. The van der Waals surface area contributed by atoms with Gasteiger partial charge in [-0.15, -0.1) is 0 Å². The minimum Gasteiger partial charge on any atom is -0.482 e. The van der Waals surface area contributed by atoms with E-state index in [0.29, 0.717) is 5.52 Å². The van der Waals surface area contributed by atoms with Crippen molar-refractivity contribution in [2.75, 3.05) is 6.61 Å². The van der Waals surface area contributed by atoms with Crippen LogP contribution in [-0.2, 0) is 24.5 Å². The zero-order valence-electron chi connectivity index (χ0n) is 21.0. The van der Waals surface area contributed by atoms with Gasteiger partial charge in [0.1, 0.15) is 17.2 Å². The molecule has 1 heterocycles. The maximum atomic E-state index is 14.5. The van der Waals surface area contributed by atoms with Crippen molar-refractivity contribution in [2.24, 2.45) is 14.1 Å². The number of hydrogen-bond donors (Lipinski definition) is 2. The van der Waals surface area contributed by atoms with Crippen LogP contribution in [0.2, 0.25) is 5.02 Å². The van der Waals surface area contributed by atoms with Crippen LogP contribution in [-0.4, -0.2) is 38.1 Å². The monoisotopic (exact) mass is 564 g/mol. The van der Waals surface area contributed by atoms with Crippen molar-refractivity contribution >= 4 is 28.6 Å². The first kappa shape index (κ1) is 28.1. The van der Waals surface area contributed by atoms with E-state index < -0.39 is 41.5 Å². The third kappa shape index (κ3) is 5.19. The first-order valence-electron chi connectivity index (χ1n) is 11.6. The predicted molar refractivity (Wildman–Crippen MR) is 138 cm³/mol. The van der Waals surface area contributed by atoms with Crippen LogP contribution in [0.15, 0.2) is 65.5 Å². The molecule has 0 bridgehead atoms. The molecule has 0 unspecified atom stereocenters. The SMILES string of the molecule is C[C@H](c1ccc(Oc2cccc(OCC(=O)O)c2)cc1Cl)[C@@](O)(c1ccc2c(c1)n(C)c(=O)n2C)C(F)(F)F. The summed E-state index contributed by atoms with van der Waals surface area (Å²) in [6.45, 7) is 0.671. The van der Waals surface area contributed by atoms with Crippen molar-refractivity contribution in [1.82, 2.24) is 9.13 Å². The van der Waals surface area contributed by atoms with Gasteiger partial charge >= 0.3 is 17.8 Å². The second-order valence-electron chi connectivity index (χ2n) is 9.03. The van der Waals surface area contributed by atoms with Crippen LogP contribution in [0.1, 0.15) is 24.0 Å². The van der Waals surface area contributed by atoms with Crippen molar-refractivity contribution in [2.45, 2.75) is 24.6 Å². The summed E-state index contributed by atoms with van der Waals surface area (Å²) in [5, 5.41) is 19.9. The maximum Gasteiger partial charge on any atom is 0.422 e. The van der Waals surface area contributed by atoms with Gasteiger partial charge in [-0.2, -0.15) is 13.2 Å². The molecule has 0 fully saturated rings. The van der Waals surface area contributed by atoms with Crippen LogP contribution < -0.4 is 15.2 Å². The van der Waals surface area contributed by atoms with E-state index in [9.17, 15) is 27.9 Å². The molecule has 12 heteroatoms. The number of carboxylic acid groups (broad SMARTS) is 1. The van der Waals surface area contributed by atoms with Gasteiger partial charge in [-0.3, -0.25) is 9.13 Å². The first-order chi connectivity index (χ1) is 18.2. The lowest BCUT2D eigenvalue weighted by atomic mass is 9.77. The van der Waals surface area contributed by atoms with Crippen molar-refractivity contribution < 1.29 is 37.7 Å². The highest BCUT2D eigenvalue weighted by molar-refractivity contribution is 6.31. The molecule has 0 aliphatic rings. The largest absolute Gasteiger partial charge is 0.482 e. The Morgan fingerprint density at radius 2 is 1.62 bits per heavy atom.